The fraction of sp³-hybridized carbons (Fsp3) is 0.389. The standard InChI is InChI=1S/C18H21NOS/c20-18(9-8-17-7-4-14-21-17)19-12-10-16(11-13-19)15-5-2-1-3-6-15/h1-7,14,16H,8-13H2. The first-order chi connectivity index (χ1) is 10.3. The summed E-state index contributed by atoms with van der Waals surface area (Å²) in [7, 11) is 0. The van der Waals surface area contributed by atoms with Crippen LogP contribution in [0.1, 0.15) is 35.6 Å². The van der Waals surface area contributed by atoms with Gasteiger partial charge in [-0.2, -0.15) is 0 Å². The second-order valence-corrected chi connectivity index (χ2v) is 6.68. The quantitative estimate of drug-likeness (QED) is 0.833. The molecule has 110 valence electrons. The van der Waals surface area contributed by atoms with Gasteiger partial charge in [0.25, 0.3) is 0 Å². The SMILES string of the molecule is O=C(CCc1cccs1)N1CCC(c2ccccc2)CC1. The Morgan fingerprint density at radius 2 is 1.86 bits per heavy atom. The number of thiophene rings is 1. The first kappa shape index (κ1) is 14.3. The average Bonchev–Trinajstić information content (AvgIpc) is 3.07. The molecule has 0 saturated carbocycles. The predicted octanol–water partition coefficient (Wildman–Crippen LogP) is 4.09. The first-order valence-corrected chi connectivity index (χ1v) is 8.56. The lowest BCUT2D eigenvalue weighted by molar-refractivity contribution is -0.132. The smallest absolute Gasteiger partial charge is 0.222 e. The van der Waals surface area contributed by atoms with Gasteiger partial charge in [0.2, 0.25) is 5.91 Å². The van der Waals surface area contributed by atoms with Crippen molar-refractivity contribution in [2.24, 2.45) is 0 Å². The zero-order valence-electron chi connectivity index (χ0n) is 12.2. The molecule has 1 aliphatic heterocycles. The molecule has 0 unspecified atom stereocenters. The molecule has 0 radical (unpaired) electrons. The molecule has 0 bridgehead atoms. The van der Waals surface area contributed by atoms with Crippen LogP contribution in [0.5, 0.6) is 0 Å². The minimum absolute atomic E-state index is 0.315. The third-order valence-corrected chi connectivity index (χ3v) is 5.22. The number of hydrogen-bond acceptors (Lipinski definition) is 2. The van der Waals surface area contributed by atoms with Crippen LogP contribution in [0, 0.1) is 0 Å². The van der Waals surface area contributed by atoms with Gasteiger partial charge < -0.3 is 4.90 Å². The molecule has 1 aromatic carbocycles. The summed E-state index contributed by atoms with van der Waals surface area (Å²) in [6.07, 6.45) is 3.72. The van der Waals surface area contributed by atoms with Gasteiger partial charge in [-0.1, -0.05) is 36.4 Å². The summed E-state index contributed by atoms with van der Waals surface area (Å²) in [6.45, 7) is 1.81. The molecule has 1 aromatic heterocycles. The molecule has 1 saturated heterocycles. The van der Waals surface area contributed by atoms with E-state index in [0.717, 1.165) is 32.4 Å². The number of aryl methyl sites for hydroxylation is 1. The third-order valence-electron chi connectivity index (χ3n) is 4.28. The van der Waals surface area contributed by atoms with Gasteiger partial charge in [-0.3, -0.25) is 4.79 Å². The minimum Gasteiger partial charge on any atom is -0.343 e. The monoisotopic (exact) mass is 299 g/mol. The van der Waals surface area contributed by atoms with Crippen LogP contribution in [0.25, 0.3) is 0 Å². The van der Waals surface area contributed by atoms with Crippen molar-refractivity contribution in [2.75, 3.05) is 13.1 Å². The van der Waals surface area contributed by atoms with E-state index in [1.54, 1.807) is 11.3 Å². The van der Waals surface area contributed by atoms with Crippen molar-refractivity contribution in [3.8, 4) is 0 Å². The topological polar surface area (TPSA) is 20.3 Å². The van der Waals surface area contributed by atoms with Crippen LogP contribution < -0.4 is 0 Å². The van der Waals surface area contributed by atoms with Gasteiger partial charge in [-0.15, -0.1) is 11.3 Å². The van der Waals surface area contributed by atoms with E-state index < -0.39 is 0 Å². The van der Waals surface area contributed by atoms with Gasteiger partial charge in [0.1, 0.15) is 0 Å². The number of piperidine rings is 1. The van der Waals surface area contributed by atoms with Crippen LogP contribution in [-0.2, 0) is 11.2 Å². The summed E-state index contributed by atoms with van der Waals surface area (Å²) in [5.74, 6) is 0.933. The van der Waals surface area contributed by atoms with Crippen LogP contribution in [0.4, 0.5) is 0 Å². The van der Waals surface area contributed by atoms with Crippen molar-refractivity contribution in [3.63, 3.8) is 0 Å². The van der Waals surface area contributed by atoms with E-state index in [2.05, 4.69) is 47.8 Å². The maximum absolute atomic E-state index is 12.3. The number of amides is 1. The van der Waals surface area contributed by atoms with Crippen molar-refractivity contribution in [3.05, 3.63) is 58.3 Å². The van der Waals surface area contributed by atoms with Crippen LogP contribution in [0.2, 0.25) is 0 Å². The first-order valence-electron chi connectivity index (χ1n) is 7.68. The summed E-state index contributed by atoms with van der Waals surface area (Å²) in [6, 6.07) is 14.8. The van der Waals surface area contributed by atoms with Crippen molar-refractivity contribution in [1.29, 1.82) is 0 Å². The number of carbonyl (C=O) groups excluding carboxylic acids is 1. The van der Waals surface area contributed by atoms with Crippen LogP contribution >= 0.6 is 11.3 Å². The highest BCUT2D eigenvalue weighted by Crippen LogP contribution is 2.28. The number of nitrogens with zero attached hydrogens (tertiary/aromatic N) is 1. The molecular weight excluding hydrogens is 278 g/mol. The Balaban J connectivity index is 1.48. The number of hydrogen-bond donors (Lipinski definition) is 0. The fourth-order valence-corrected chi connectivity index (χ4v) is 3.74. The number of carbonyl (C=O) groups is 1. The molecule has 0 N–H and O–H groups in total. The van der Waals surface area contributed by atoms with Crippen LogP contribution in [-0.4, -0.2) is 23.9 Å². The molecular formula is C18H21NOS. The molecule has 0 aliphatic carbocycles. The van der Waals surface area contributed by atoms with Crippen LogP contribution in [0.15, 0.2) is 47.8 Å². The highest BCUT2D eigenvalue weighted by molar-refractivity contribution is 7.09. The van der Waals surface area contributed by atoms with Gasteiger partial charge in [-0.25, -0.2) is 0 Å². The average molecular weight is 299 g/mol. The highest BCUT2D eigenvalue weighted by atomic mass is 32.1. The lowest BCUT2D eigenvalue weighted by Gasteiger charge is -2.32. The maximum Gasteiger partial charge on any atom is 0.222 e. The summed E-state index contributed by atoms with van der Waals surface area (Å²) in [5, 5.41) is 2.07. The van der Waals surface area contributed by atoms with Crippen molar-refractivity contribution < 1.29 is 4.79 Å². The van der Waals surface area contributed by atoms with E-state index in [0.29, 0.717) is 18.2 Å². The maximum atomic E-state index is 12.3. The Kier molecular flexibility index (Phi) is 4.71. The Morgan fingerprint density at radius 1 is 1.10 bits per heavy atom. The van der Waals surface area contributed by atoms with Crippen molar-refractivity contribution in [2.45, 2.75) is 31.6 Å². The van der Waals surface area contributed by atoms with Gasteiger partial charge >= 0.3 is 0 Å². The summed E-state index contributed by atoms with van der Waals surface area (Å²) in [5.41, 5.74) is 1.42. The summed E-state index contributed by atoms with van der Waals surface area (Å²) < 4.78 is 0. The van der Waals surface area contributed by atoms with E-state index in [1.165, 1.54) is 10.4 Å². The molecule has 2 aromatic rings. The minimum atomic E-state index is 0.315. The van der Waals surface area contributed by atoms with E-state index in [1.807, 2.05) is 4.90 Å². The van der Waals surface area contributed by atoms with Gasteiger partial charge in [0.05, 0.1) is 0 Å². The van der Waals surface area contributed by atoms with Gasteiger partial charge in [-0.05, 0) is 42.2 Å². The molecule has 2 nitrogen and oxygen atoms in total. The molecule has 2 heterocycles. The van der Waals surface area contributed by atoms with Crippen molar-refractivity contribution >= 4 is 17.2 Å². The zero-order valence-corrected chi connectivity index (χ0v) is 13.0. The molecule has 0 atom stereocenters. The normalized spacial score (nSPS) is 16.1. The zero-order chi connectivity index (χ0) is 14.5. The summed E-state index contributed by atoms with van der Waals surface area (Å²) >= 11 is 1.74. The fourth-order valence-electron chi connectivity index (χ4n) is 3.03. The van der Waals surface area contributed by atoms with Crippen molar-refractivity contribution in [1.82, 2.24) is 4.90 Å². The molecule has 21 heavy (non-hydrogen) atoms. The molecule has 3 heteroatoms. The van der Waals surface area contributed by atoms with Crippen LogP contribution in [0.3, 0.4) is 0 Å². The Labute approximate surface area is 130 Å². The second-order valence-electron chi connectivity index (χ2n) is 5.65. The van der Waals surface area contributed by atoms with Gasteiger partial charge in [0.15, 0.2) is 0 Å². The third kappa shape index (κ3) is 3.73. The molecule has 0 spiro atoms. The number of benzene rings is 1. The lowest BCUT2D eigenvalue weighted by Crippen LogP contribution is -2.38. The molecule has 1 aliphatic rings. The molecule has 1 fully saturated rings. The highest BCUT2D eigenvalue weighted by Gasteiger charge is 2.23. The van der Waals surface area contributed by atoms with E-state index in [-0.39, 0.29) is 0 Å². The Hall–Kier alpha value is -1.61. The second kappa shape index (κ2) is 6.90. The molecule has 1 amide bonds. The largest absolute Gasteiger partial charge is 0.343 e. The molecule has 3 rings (SSSR count). The number of rotatable bonds is 4. The lowest BCUT2D eigenvalue weighted by atomic mass is 9.89. The predicted molar refractivity (Wildman–Crippen MR) is 87.6 cm³/mol. The van der Waals surface area contributed by atoms with E-state index >= 15 is 0 Å². The Morgan fingerprint density at radius 3 is 2.52 bits per heavy atom. The van der Waals surface area contributed by atoms with E-state index in [9.17, 15) is 4.79 Å². The van der Waals surface area contributed by atoms with E-state index in [4.69, 9.17) is 0 Å². The Bertz CT molecular complexity index is 556. The summed E-state index contributed by atoms with van der Waals surface area (Å²) in [4.78, 5) is 15.6. The van der Waals surface area contributed by atoms with Gasteiger partial charge in [0, 0.05) is 24.4 Å². The number of likely N-dealkylation sites (tertiary alicyclic amines) is 1.